The molecule has 17 heavy (non-hydrogen) atoms. The Morgan fingerprint density at radius 1 is 1.06 bits per heavy atom. The third-order valence-corrected chi connectivity index (χ3v) is 3.35. The van der Waals surface area contributed by atoms with Gasteiger partial charge in [0.2, 0.25) is 0 Å². The van der Waals surface area contributed by atoms with E-state index in [1.54, 1.807) is 0 Å². The van der Waals surface area contributed by atoms with Crippen LogP contribution in [0.4, 0.5) is 0 Å². The Bertz CT molecular complexity index is 302. The molecule has 0 amide bonds. The van der Waals surface area contributed by atoms with E-state index in [0.717, 1.165) is 6.54 Å². The van der Waals surface area contributed by atoms with Gasteiger partial charge < -0.3 is 5.32 Å². The van der Waals surface area contributed by atoms with Gasteiger partial charge in [0, 0.05) is 6.04 Å². The predicted octanol–water partition coefficient (Wildman–Crippen LogP) is 4.13. The van der Waals surface area contributed by atoms with Crippen LogP contribution in [0.1, 0.15) is 57.6 Å². The number of hydrogen-bond acceptors (Lipinski definition) is 1. The molecule has 1 aromatic rings. The molecule has 0 fully saturated rings. The van der Waals surface area contributed by atoms with Gasteiger partial charge in [0.1, 0.15) is 0 Å². The normalized spacial score (nSPS) is 14.6. The summed E-state index contributed by atoms with van der Waals surface area (Å²) in [7, 11) is 0. The van der Waals surface area contributed by atoms with E-state index >= 15 is 0 Å². The van der Waals surface area contributed by atoms with Crippen molar-refractivity contribution in [2.75, 3.05) is 6.54 Å². The molecule has 1 rings (SSSR count). The van der Waals surface area contributed by atoms with Gasteiger partial charge in [-0.05, 0) is 43.4 Å². The molecule has 2 unspecified atom stereocenters. The number of rotatable bonds is 7. The van der Waals surface area contributed by atoms with Gasteiger partial charge in [-0.1, -0.05) is 51.5 Å². The summed E-state index contributed by atoms with van der Waals surface area (Å²) in [4.78, 5) is 0. The zero-order chi connectivity index (χ0) is 12.7. The molecule has 96 valence electrons. The lowest BCUT2D eigenvalue weighted by Crippen LogP contribution is -2.26. The summed E-state index contributed by atoms with van der Waals surface area (Å²) in [6.07, 6.45) is 3.63. The molecule has 0 saturated heterocycles. The summed E-state index contributed by atoms with van der Waals surface area (Å²) >= 11 is 0. The Balaban J connectivity index is 2.53. The van der Waals surface area contributed by atoms with Crippen molar-refractivity contribution >= 4 is 0 Å². The Morgan fingerprint density at radius 3 is 2.24 bits per heavy atom. The van der Waals surface area contributed by atoms with E-state index in [9.17, 15) is 0 Å². The van der Waals surface area contributed by atoms with Crippen LogP contribution in [0.15, 0.2) is 24.3 Å². The summed E-state index contributed by atoms with van der Waals surface area (Å²) in [6, 6.07) is 9.77. The molecular formula is C16H27N. The van der Waals surface area contributed by atoms with Crippen molar-refractivity contribution in [2.24, 2.45) is 0 Å². The summed E-state index contributed by atoms with van der Waals surface area (Å²) in [5.41, 5.74) is 2.93. The SMILES string of the molecule is CCCc1ccc(C(C)CC(C)NCC)cc1. The fourth-order valence-electron chi connectivity index (χ4n) is 2.40. The van der Waals surface area contributed by atoms with Crippen molar-refractivity contribution in [2.45, 2.75) is 58.9 Å². The molecular weight excluding hydrogens is 206 g/mol. The van der Waals surface area contributed by atoms with E-state index < -0.39 is 0 Å². The smallest absolute Gasteiger partial charge is 0.00443 e. The van der Waals surface area contributed by atoms with Crippen LogP contribution in [0, 0.1) is 0 Å². The van der Waals surface area contributed by atoms with Crippen LogP contribution >= 0.6 is 0 Å². The number of benzene rings is 1. The van der Waals surface area contributed by atoms with Crippen LogP contribution < -0.4 is 5.32 Å². The third-order valence-electron chi connectivity index (χ3n) is 3.35. The second kappa shape index (κ2) is 7.50. The van der Waals surface area contributed by atoms with Crippen molar-refractivity contribution in [3.63, 3.8) is 0 Å². The number of aryl methyl sites for hydroxylation is 1. The zero-order valence-electron chi connectivity index (χ0n) is 11.8. The molecule has 1 heteroatoms. The van der Waals surface area contributed by atoms with Gasteiger partial charge in [-0.3, -0.25) is 0 Å². The quantitative estimate of drug-likeness (QED) is 0.746. The van der Waals surface area contributed by atoms with Crippen molar-refractivity contribution in [3.8, 4) is 0 Å². The highest BCUT2D eigenvalue weighted by molar-refractivity contribution is 5.25. The summed E-state index contributed by atoms with van der Waals surface area (Å²) in [5.74, 6) is 0.639. The van der Waals surface area contributed by atoms with Crippen LogP contribution in [-0.4, -0.2) is 12.6 Å². The molecule has 1 N–H and O–H groups in total. The second-order valence-electron chi connectivity index (χ2n) is 5.09. The number of nitrogens with one attached hydrogen (secondary N) is 1. The van der Waals surface area contributed by atoms with E-state index in [4.69, 9.17) is 0 Å². The fraction of sp³-hybridized carbons (Fsp3) is 0.625. The Morgan fingerprint density at radius 2 is 1.71 bits per heavy atom. The first-order valence-corrected chi connectivity index (χ1v) is 6.99. The maximum atomic E-state index is 3.48. The van der Waals surface area contributed by atoms with E-state index in [1.165, 1.54) is 30.4 Å². The van der Waals surface area contributed by atoms with Gasteiger partial charge in [-0.2, -0.15) is 0 Å². The minimum absolute atomic E-state index is 0.602. The lowest BCUT2D eigenvalue weighted by Gasteiger charge is -2.18. The van der Waals surface area contributed by atoms with Gasteiger partial charge in [0.15, 0.2) is 0 Å². The molecule has 0 aromatic heterocycles. The van der Waals surface area contributed by atoms with Gasteiger partial charge in [0.05, 0.1) is 0 Å². The van der Waals surface area contributed by atoms with Gasteiger partial charge >= 0.3 is 0 Å². The average molecular weight is 233 g/mol. The third kappa shape index (κ3) is 4.91. The van der Waals surface area contributed by atoms with Gasteiger partial charge in [-0.15, -0.1) is 0 Å². The van der Waals surface area contributed by atoms with E-state index in [0.29, 0.717) is 12.0 Å². The van der Waals surface area contributed by atoms with Gasteiger partial charge in [0.25, 0.3) is 0 Å². The molecule has 1 aromatic carbocycles. The minimum atomic E-state index is 0.602. The number of hydrogen-bond donors (Lipinski definition) is 1. The lowest BCUT2D eigenvalue weighted by atomic mass is 9.93. The van der Waals surface area contributed by atoms with Crippen LogP contribution in [0.2, 0.25) is 0 Å². The van der Waals surface area contributed by atoms with Crippen LogP contribution in [0.25, 0.3) is 0 Å². The zero-order valence-corrected chi connectivity index (χ0v) is 11.8. The average Bonchev–Trinajstić information content (AvgIpc) is 2.30. The fourth-order valence-corrected chi connectivity index (χ4v) is 2.40. The molecule has 1 nitrogen and oxygen atoms in total. The van der Waals surface area contributed by atoms with E-state index in [-0.39, 0.29) is 0 Å². The lowest BCUT2D eigenvalue weighted by molar-refractivity contribution is 0.491. The maximum Gasteiger partial charge on any atom is 0.00443 e. The molecule has 0 heterocycles. The first-order chi connectivity index (χ1) is 8.17. The van der Waals surface area contributed by atoms with Gasteiger partial charge in [-0.25, -0.2) is 0 Å². The molecule has 0 spiro atoms. The first-order valence-electron chi connectivity index (χ1n) is 6.99. The Hall–Kier alpha value is -0.820. The molecule has 0 saturated carbocycles. The molecule has 0 aliphatic heterocycles. The van der Waals surface area contributed by atoms with Crippen molar-refractivity contribution in [3.05, 3.63) is 35.4 Å². The molecule has 0 aliphatic carbocycles. The monoisotopic (exact) mass is 233 g/mol. The highest BCUT2D eigenvalue weighted by Crippen LogP contribution is 2.21. The van der Waals surface area contributed by atoms with Crippen LogP contribution in [0.3, 0.4) is 0 Å². The topological polar surface area (TPSA) is 12.0 Å². The molecule has 2 atom stereocenters. The second-order valence-corrected chi connectivity index (χ2v) is 5.09. The highest BCUT2D eigenvalue weighted by atomic mass is 14.9. The summed E-state index contributed by atoms with van der Waals surface area (Å²) in [5, 5.41) is 3.48. The maximum absolute atomic E-state index is 3.48. The molecule has 0 bridgehead atoms. The summed E-state index contributed by atoms with van der Waals surface area (Å²) in [6.45, 7) is 10.0. The standard InChI is InChI=1S/C16H27N/c1-5-7-15-8-10-16(11-9-15)13(3)12-14(4)17-6-2/h8-11,13-14,17H,5-7,12H2,1-4H3. The molecule has 0 aliphatic rings. The highest BCUT2D eigenvalue weighted by Gasteiger charge is 2.09. The van der Waals surface area contributed by atoms with Crippen LogP contribution in [0.5, 0.6) is 0 Å². The molecule has 0 radical (unpaired) electrons. The Kier molecular flexibility index (Phi) is 6.28. The van der Waals surface area contributed by atoms with Crippen molar-refractivity contribution < 1.29 is 0 Å². The Labute approximate surface area is 107 Å². The predicted molar refractivity (Wildman–Crippen MR) is 76.6 cm³/mol. The summed E-state index contributed by atoms with van der Waals surface area (Å²) < 4.78 is 0. The van der Waals surface area contributed by atoms with E-state index in [1.807, 2.05) is 0 Å². The largest absolute Gasteiger partial charge is 0.315 e. The van der Waals surface area contributed by atoms with Crippen LogP contribution in [-0.2, 0) is 6.42 Å². The minimum Gasteiger partial charge on any atom is -0.315 e. The van der Waals surface area contributed by atoms with Crippen molar-refractivity contribution in [1.29, 1.82) is 0 Å². The van der Waals surface area contributed by atoms with E-state index in [2.05, 4.69) is 57.3 Å². The first kappa shape index (κ1) is 14.2. The van der Waals surface area contributed by atoms with Crippen molar-refractivity contribution in [1.82, 2.24) is 5.32 Å².